The van der Waals surface area contributed by atoms with Gasteiger partial charge in [-0.2, -0.15) is 0 Å². The lowest BCUT2D eigenvalue weighted by Gasteiger charge is -2.03. The molecule has 0 saturated heterocycles. The lowest BCUT2D eigenvalue weighted by Crippen LogP contribution is -2.32. The summed E-state index contributed by atoms with van der Waals surface area (Å²) in [6, 6.07) is 1.80. The molecule has 24 heavy (non-hydrogen) atoms. The molecule has 1 aromatic carbocycles. The van der Waals surface area contributed by atoms with E-state index in [4.69, 9.17) is 11.5 Å². The molecule has 0 aliphatic carbocycles. The number of rotatable bonds is 9. The van der Waals surface area contributed by atoms with Crippen molar-refractivity contribution in [1.29, 1.82) is 0 Å². The molecule has 0 fully saturated rings. The van der Waals surface area contributed by atoms with Gasteiger partial charge in [-0.15, -0.1) is 0 Å². The maximum Gasteiger partial charge on any atom is 0.317 e. The van der Waals surface area contributed by atoms with Crippen molar-refractivity contribution in [2.24, 2.45) is 11.5 Å². The minimum Gasteiger partial charge on any atom is -0.502 e. The first-order valence-electron chi connectivity index (χ1n) is 7.29. The maximum absolute atomic E-state index is 10.4. The Balaban J connectivity index is 0.000000470. The number of nitro groups is 2. The highest BCUT2D eigenvalue weighted by molar-refractivity contribution is 5.57. The van der Waals surface area contributed by atoms with Crippen molar-refractivity contribution < 1.29 is 15.0 Å². The number of aryl methyl sites for hydroxylation is 1. The van der Waals surface area contributed by atoms with Crippen molar-refractivity contribution in [3.05, 3.63) is 37.9 Å². The quantitative estimate of drug-likeness (QED) is 0.226. The third kappa shape index (κ3) is 8.33. The molecule has 0 atom stereocenters. The molecule has 1 aromatic rings. The SMILES string of the molecule is Cc1cc([N+](=O)[O-])cc([N+](=O)[O-])c1O.NCCNCCNCCN. The zero-order valence-electron chi connectivity index (χ0n) is 13.5. The van der Waals surface area contributed by atoms with Gasteiger partial charge in [-0.3, -0.25) is 20.2 Å². The van der Waals surface area contributed by atoms with Gasteiger partial charge in [0.05, 0.1) is 15.9 Å². The first-order chi connectivity index (χ1) is 11.3. The number of phenols is 1. The summed E-state index contributed by atoms with van der Waals surface area (Å²) in [4.78, 5) is 19.1. The molecule has 11 heteroatoms. The van der Waals surface area contributed by atoms with Crippen LogP contribution in [0, 0.1) is 27.2 Å². The Kier molecular flexibility index (Phi) is 10.9. The van der Waals surface area contributed by atoms with Crippen LogP contribution < -0.4 is 22.1 Å². The smallest absolute Gasteiger partial charge is 0.317 e. The predicted molar refractivity (Wildman–Crippen MR) is 90.0 cm³/mol. The summed E-state index contributed by atoms with van der Waals surface area (Å²) in [5, 5.41) is 36.3. The van der Waals surface area contributed by atoms with Gasteiger partial charge >= 0.3 is 5.69 Å². The number of nitrogens with zero attached hydrogens (tertiary/aromatic N) is 2. The number of nitrogens with two attached hydrogens (primary N) is 2. The van der Waals surface area contributed by atoms with Gasteiger partial charge in [-0.25, -0.2) is 0 Å². The second kappa shape index (κ2) is 12.1. The minimum absolute atomic E-state index is 0.103. The summed E-state index contributed by atoms with van der Waals surface area (Å²) in [6.07, 6.45) is 0. The van der Waals surface area contributed by atoms with E-state index < -0.39 is 27.0 Å². The van der Waals surface area contributed by atoms with Crippen LogP contribution in [0.5, 0.6) is 5.75 Å². The van der Waals surface area contributed by atoms with Crippen molar-refractivity contribution in [1.82, 2.24) is 10.6 Å². The lowest BCUT2D eigenvalue weighted by atomic mass is 10.1. The Morgan fingerprint density at radius 2 is 1.50 bits per heavy atom. The van der Waals surface area contributed by atoms with Gasteiger partial charge in [0, 0.05) is 50.9 Å². The zero-order chi connectivity index (χ0) is 18.5. The summed E-state index contributed by atoms with van der Waals surface area (Å²) >= 11 is 0. The Morgan fingerprint density at radius 3 is 1.88 bits per heavy atom. The molecule has 1 rings (SSSR count). The topological polar surface area (TPSA) is 183 Å². The zero-order valence-corrected chi connectivity index (χ0v) is 13.5. The average Bonchev–Trinajstić information content (AvgIpc) is 2.53. The van der Waals surface area contributed by atoms with Gasteiger partial charge in [-0.1, -0.05) is 0 Å². The molecule has 0 unspecified atom stereocenters. The summed E-state index contributed by atoms with van der Waals surface area (Å²) < 4.78 is 0. The summed E-state index contributed by atoms with van der Waals surface area (Å²) in [6.45, 7) is 6.49. The first kappa shape index (κ1) is 21.7. The Labute approximate surface area is 139 Å². The molecule has 0 heterocycles. The number of hydrogen-bond acceptors (Lipinski definition) is 9. The standard InChI is InChI=1S/C7H6N2O5.C6H18N4/c1-4-2-5(8(11)12)3-6(7(4)10)9(13)14;7-1-3-9-5-6-10-4-2-8/h2-3,10H,1H3;9-10H,1-8H2. The second-order valence-electron chi connectivity index (χ2n) is 4.72. The summed E-state index contributed by atoms with van der Waals surface area (Å²) in [5.41, 5.74) is 9.57. The number of hydrogen-bond donors (Lipinski definition) is 5. The van der Waals surface area contributed by atoms with Crippen LogP contribution >= 0.6 is 0 Å². The van der Waals surface area contributed by atoms with E-state index in [1.165, 1.54) is 6.92 Å². The van der Waals surface area contributed by atoms with Crippen LogP contribution in [0.15, 0.2) is 12.1 Å². The van der Waals surface area contributed by atoms with Crippen molar-refractivity contribution >= 4 is 11.4 Å². The van der Waals surface area contributed by atoms with Crippen LogP contribution in [-0.4, -0.2) is 54.2 Å². The fraction of sp³-hybridized carbons (Fsp3) is 0.538. The van der Waals surface area contributed by atoms with Gasteiger partial charge in [0.1, 0.15) is 0 Å². The van der Waals surface area contributed by atoms with E-state index in [1.807, 2.05) is 0 Å². The van der Waals surface area contributed by atoms with E-state index in [0.29, 0.717) is 13.1 Å². The summed E-state index contributed by atoms with van der Waals surface area (Å²) in [5.74, 6) is -0.541. The van der Waals surface area contributed by atoms with E-state index in [0.717, 1.165) is 38.3 Å². The first-order valence-corrected chi connectivity index (χ1v) is 7.29. The molecule has 0 saturated carbocycles. The van der Waals surface area contributed by atoms with E-state index in [1.54, 1.807) is 0 Å². The monoisotopic (exact) mass is 344 g/mol. The van der Waals surface area contributed by atoms with Crippen molar-refractivity contribution in [3.63, 3.8) is 0 Å². The number of nitrogens with one attached hydrogen (secondary N) is 2. The van der Waals surface area contributed by atoms with Gasteiger partial charge in [0.15, 0.2) is 5.75 Å². The van der Waals surface area contributed by atoms with Gasteiger partial charge in [-0.05, 0) is 6.92 Å². The largest absolute Gasteiger partial charge is 0.502 e. The molecule has 11 nitrogen and oxygen atoms in total. The number of benzene rings is 1. The van der Waals surface area contributed by atoms with Crippen LogP contribution in [0.2, 0.25) is 0 Å². The third-order valence-corrected chi connectivity index (χ3v) is 2.79. The summed E-state index contributed by atoms with van der Waals surface area (Å²) in [7, 11) is 0. The van der Waals surface area contributed by atoms with E-state index in [9.17, 15) is 25.3 Å². The van der Waals surface area contributed by atoms with Gasteiger partial charge in [0.25, 0.3) is 5.69 Å². The maximum atomic E-state index is 10.4. The predicted octanol–water partition coefficient (Wildman–Crippen LogP) is -0.400. The average molecular weight is 344 g/mol. The number of nitro benzene ring substituents is 2. The van der Waals surface area contributed by atoms with Gasteiger partial charge < -0.3 is 27.2 Å². The third-order valence-electron chi connectivity index (χ3n) is 2.79. The molecule has 0 spiro atoms. The Hall–Kier alpha value is -2.34. The van der Waals surface area contributed by atoms with Crippen LogP contribution in [0.25, 0.3) is 0 Å². The highest BCUT2D eigenvalue weighted by atomic mass is 16.6. The van der Waals surface area contributed by atoms with Crippen molar-refractivity contribution in [3.8, 4) is 5.75 Å². The van der Waals surface area contributed by atoms with E-state index in [2.05, 4.69) is 10.6 Å². The van der Waals surface area contributed by atoms with Crippen LogP contribution in [0.4, 0.5) is 11.4 Å². The fourth-order valence-electron chi connectivity index (χ4n) is 1.62. The molecular formula is C13H24N6O5. The van der Waals surface area contributed by atoms with Crippen molar-refractivity contribution in [2.45, 2.75) is 6.92 Å². The Bertz CT molecular complexity index is 532. The van der Waals surface area contributed by atoms with E-state index in [-0.39, 0.29) is 5.56 Å². The van der Waals surface area contributed by atoms with Crippen LogP contribution in [0.3, 0.4) is 0 Å². The van der Waals surface area contributed by atoms with E-state index >= 15 is 0 Å². The number of phenolic OH excluding ortho intramolecular Hbond substituents is 1. The number of non-ortho nitro benzene ring substituents is 1. The van der Waals surface area contributed by atoms with Crippen LogP contribution in [-0.2, 0) is 0 Å². The molecule has 7 N–H and O–H groups in total. The molecular weight excluding hydrogens is 320 g/mol. The molecule has 0 amide bonds. The molecule has 0 aliphatic heterocycles. The molecule has 0 bridgehead atoms. The number of aromatic hydroxyl groups is 1. The highest BCUT2D eigenvalue weighted by Crippen LogP contribution is 2.33. The molecule has 0 aliphatic rings. The molecule has 0 radical (unpaired) electrons. The highest BCUT2D eigenvalue weighted by Gasteiger charge is 2.21. The Morgan fingerprint density at radius 1 is 1.00 bits per heavy atom. The van der Waals surface area contributed by atoms with Crippen LogP contribution in [0.1, 0.15) is 5.56 Å². The lowest BCUT2D eigenvalue weighted by molar-refractivity contribution is -0.394. The second-order valence-corrected chi connectivity index (χ2v) is 4.72. The normalized spacial score (nSPS) is 9.96. The molecule has 0 aromatic heterocycles. The molecule has 136 valence electrons. The van der Waals surface area contributed by atoms with Gasteiger partial charge in [0.2, 0.25) is 0 Å². The fourth-order valence-corrected chi connectivity index (χ4v) is 1.62. The minimum atomic E-state index is -0.866. The van der Waals surface area contributed by atoms with Crippen molar-refractivity contribution in [2.75, 3.05) is 39.3 Å².